The van der Waals surface area contributed by atoms with Gasteiger partial charge in [-0.25, -0.2) is 14.5 Å². The summed E-state index contributed by atoms with van der Waals surface area (Å²) in [7, 11) is 0. The van der Waals surface area contributed by atoms with Crippen LogP contribution in [-0.4, -0.2) is 20.7 Å². The summed E-state index contributed by atoms with van der Waals surface area (Å²) >= 11 is 1.43. The molecule has 2 aromatic heterocycles. The highest BCUT2D eigenvalue weighted by Gasteiger charge is 2.13. The molecule has 0 spiro atoms. The second-order valence-electron chi connectivity index (χ2n) is 4.21. The van der Waals surface area contributed by atoms with Crippen molar-refractivity contribution in [3.8, 4) is 5.69 Å². The Hall–Kier alpha value is -2.67. The molecule has 0 saturated carbocycles. The Bertz CT molecular complexity index is 752. The molecule has 0 saturated heterocycles. The lowest BCUT2D eigenvalue weighted by atomic mass is 10.3. The van der Waals surface area contributed by atoms with Crippen molar-refractivity contribution in [2.75, 3.05) is 5.73 Å². The molecule has 1 aromatic carbocycles. The lowest BCUT2D eigenvalue weighted by Gasteiger charge is -2.04. The summed E-state index contributed by atoms with van der Waals surface area (Å²) < 4.78 is 6.70. The smallest absolute Gasteiger partial charge is 0.359 e. The van der Waals surface area contributed by atoms with Crippen molar-refractivity contribution in [2.45, 2.75) is 6.61 Å². The normalized spacial score (nSPS) is 10.5. The van der Waals surface area contributed by atoms with Crippen molar-refractivity contribution in [1.29, 1.82) is 0 Å². The monoisotopic (exact) mass is 300 g/mol. The summed E-state index contributed by atoms with van der Waals surface area (Å²) in [5, 5.41) is 6.76. The third-order valence-electron chi connectivity index (χ3n) is 2.79. The number of benzene rings is 1. The molecule has 6 nitrogen and oxygen atoms in total. The van der Waals surface area contributed by atoms with Crippen LogP contribution in [-0.2, 0) is 11.3 Å². The van der Waals surface area contributed by atoms with E-state index in [9.17, 15) is 4.79 Å². The predicted octanol–water partition coefficient (Wildman–Crippen LogP) is 2.27. The van der Waals surface area contributed by atoms with E-state index in [1.54, 1.807) is 29.2 Å². The minimum atomic E-state index is -0.488. The van der Waals surface area contributed by atoms with E-state index >= 15 is 0 Å². The third-order valence-corrected chi connectivity index (χ3v) is 3.55. The number of aromatic nitrogens is 3. The van der Waals surface area contributed by atoms with Gasteiger partial charge in [0.2, 0.25) is 0 Å². The fraction of sp³-hybridized carbons (Fsp3) is 0.0714. The van der Waals surface area contributed by atoms with Gasteiger partial charge in [0, 0.05) is 17.8 Å². The number of hydrogen-bond acceptors (Lipinski definition) is 6. The lowest BCUT2D eigenvalue weighted by Crippen LogP contribution is -2.07. The topological polar surface area (TPSA) is 83.0 Å². The van der Waals surface area contributed by atoms with Gasteiger partial charge in [-0.15, -0.1) is 11.3 Å². The Morgan fingerprint density at radius 2 is 2.19 bits per heavy atom. The summed E-state index contributed by atoms with van der Waals surface area (Å²) in [6.45, 7) is 0.150. The first-order valence-corrected chi connectivity index (χ1v) is 7.08. The molecule has 2 N–H and O–H groups in total. The summed E-state index contributed by atoms with van der Waals surface area (Å²) in [5.74, 6) is -0.488. The molecule has 0 atom stereocenters. The number of anilines is 1. The van der Waals surface area contributed by atoms with E-state index in [0.29, 0.717) is 5.69 Å². The molecule has 0 bridgehead atoms. The molecule has 0 radical (unpaired) electrons. The molecular formula is C14H12N4O2S. The van der Waals surface area contributed by atoms with Crippen molar-refractivity contribution >= 4 is 23.0 Å². The van der Waals surface area contributed by atoms with Gasteiger partial charge < -0.3 is 10.5 Å². The number of ether oxygens (including phenoxy) is 1. The highest BCUT2D eigenvalue weighted by atomic mass is 32.1. The Balaban J connectivity index is 1.73. The van der Waals surface area contributed by atoms with Crippen LogP contribution in [0.4, 0.5) is 5.69 Å². The SMILES string of the molecule is Nc1ccccc1-n1ccc(C(=O)OCc2nccs2)n1. The number of thiazole rings is 1. The van der Waals surface area contributed by atoms with Gasteiger partial charge in [-0.3, -0.25) is 0 Å². The number of para-hydroxylation sites is 2. The summed E-state index contributed by atoms with van der Waals surface area (Å²) in [6.07, 6.45) is 3.34. The number of nitrogens with two attached hydrogens (primary N) is 1. The Kier molecular flexibility index (Phi) is 3.65. The van der Waals surface area contributed by atoms with Crippen molar-refractivity contribution in [2.24, 2.45) is 0 Å². The van der Waals surface area contributed by atoms with Crippen LogP contribution >= 0.6 is 11.3 Å². The van der Waals surface area contributed by atoms with Crippen molar-refractivity contribution in [3.05, 3.63) is 58.8 Å². The average Bonchev–Trinajstić information content (AvgIpc) is 3.17. The molecule has 0 unspecified atom stereocenters. The van der Waals surface area contributed by atoms with Crippen LogP contribution < -0.4 is 5.73 Å². The van der Waals surface area contributed by atoms with Crippen molar-refractivity contribution in [3.63, 3.8) is 0 Å². The zero-order chi connectivity index (χ0) is 14.7. The Morgan fingerprint density at radius 1 is 1.33 bits per heavy atom. The molecule has 0 amide bonds. The van der Waals surface area contributed by atoms with Gasteiger partial charge in [-0.2, -0.15) is 5.10 Å². The first kappa shape index (κ1) is 13.3. The van der Waals surface area contributed by atoms with E-state index in [0.717, 1.165) is 10.7 Å². The van der Waals surface area contributed by atoms with Gasteiger partial charge in [-0.1, -0.05) is 12.1 Å². The van der Waals surface area contributed by atoms with Crippen LogP contribution in [0, 0.1) is 0 Å². The average molecular weight is 300 g/mol. The zero-order valence-electron chi connectivity index (χ0n) is 11.0. The van der Waals surface area contributed by atoms with Gasteiger partial charge in [-0.05, 0) is 18.2 Å². The van der Waals surface area contributed by atoms with Crippen molar-refractivity contribution in [1.82, 2.24) is 14.8 Å². The standard InChI is InChI=1S/C14H12N4O2S/c15-10-3-1-2-4-12(10)18-7-5-11(17-18)14(19)20-9-13-16-6-8-21-13/h1-8H,9,15H2. The predicted molar refractivity (Wildman–Crippen MR) is 79.2 cm³/mol. The molecule has 2 heterocycles. The number of esters is 1. The number of nitrogen functional groups attached to an aromatic ring is 1. The van der Waals surface area contributed by atoms with E-state index < -0.39 is 5.97 Å². The van der Waals surface area contributed by atoms with E-state index in [2.05, 4.69) is 10.1 Å². The fourth-order valence-electron chi connectivity index (χ4n) is 1.79. The van der Waals surface area contributed by atoms with Crippen LogP contribution in [0.2, 0.25) is 0 Å². The summed E-state index contributed by atoms with van der Waals surface area (Å²) in [5.41, 5.74) is 7.41. The third kappa shape index (κ3) is 2.92. The maximum absolute atomic E-state index is 11.9. The van der Waals surface area contributed by atoms with Gasteiger partial charge in [0.1, 0.15) is 11.6 Å². The molecule has 0 aliphatic rings. The minimum absolute atomic E-state index is 0.150. The number of carbonyl (C=O) groups excluding carboxylic acids is 1. The van der Waals surface area contributed by atoms with Gasteiger partial charge in [0.25, 0.3) is 0 Å². The van der Waals surface area contributed by atoms with E-state index in [1.165, 1.54) is 11.3 Å². The molecule has 21 heavy (non-hydrogen) atoms. The minimum Gasteiger partial charge on any atom is -0.454 e. The van der Waals surface area contributed by atoms with Crippen LogP contribution in [0.25, 0.3) is 5.69 Å². The van der Waals surface area contributed by atoms with Crippen LogP contribution in [0.5, 0.6) is 0 Å². The largest absolute Gasteiger partial charge is 0.454 e. The molecule has 3 rings (SSSR count). The zero-order valence-corrected chi connectivity index (χ0v) is 11.8. The number of carbonyl (C=O) groups is 1. The molecule has 0 aliphatic heterocycles. The molecule has 3 aromatic rings. The molecule has 7 heteroatoms. The Labute approximate surface area is 124 Å². The number of hydrogen-bond donors (Lipinski definition) is 1. The van der Waals surface area contributed by atoms with Gasteiger partial charge >= 0.3 is 5.97 Å². The second kappa shape index (κ2) is 5.76. The molecule has 0 aliphatic carbocycles. The molecular weight excluding hydrogens is 288 g/mol. The van der Waals surface area contributed by atoms with Crippen LogP contribution in [0.15, 0.2) is 48.1 Å². The lowest BCUT2D eigenvalue weighted by molar-refractivity contribution is 0.0465. The second-order valence-corrected chi connectivity index (χ2v) is 5.19. The maximum atomic E-state index is 11.9. The quantitative estimate of drug-likeness (QED) is 0.590. The highest BCUT2D eigenvalue weighted by molar-refractivity contribution is 7.09. The van der Waals surface area contributed by atoms with E-state index in [4.69, 9.17) is 10.5 Å². The number of rotatable bonds is 4. The summed E-state index contributed by atoms with van der Waals surface area (Å²) in [4.78, 5) is 16.0. The van der Waals surface area contributed by atoms with E-state index in [1.807, 2.05) is 23.6 Å². The molecule has 106 valence electrons. The van der Waals surface area contributed by atoms with Crippen LogP contribution in [0.3, 0.4) is 0 Å². The van der Waals surface area contributed by atoms with Gasteiger partial charge in [0.15, 0.2) is 5.69 Å². The van der Waals surface area contributed by atoms with E-state index in [-0.39, 0.29) is 12.3 Å². The van der Waals surface area contributed by atoms with Crippen LogP contribution in [0.1, 0.15) is 15.5 Å². The maximum Gasteiger partial charge on any atom is 0.359 e. The first-order valence-electron chi connectivity index (χ1n) is 6.20. The Morgan fingerprint density at radius 3 is 2.95 bits per heavy atom. The van der Waals surface area contributed by atoms with Crippen molar-refractivity contribution < 1.29 is 9.53 Å². The number of nitrogens with zero attached hydrogens (tertiary/aromatic N) is 3. The molecule has 0 fully saturated rings. The first-order chi connectivity index (χ1) is 10.2. The fourth-order valence-corrected chi connectivity index (χ4v) is 2.32. The van der Waals surface area contributed by atoms with Gasteiger partial charge in [0.05, 0.1) is 11.4 Å². The highest BCUT2D eigenvalue weighted by Crippen LogP contribution is 2.16. The summed E-state index contributed by atoms with van der Waals surface area (Å²) in [6, 6.07) is 8.89.